The number of hydrogen-bond donors (Lipinski definition) is 2. The number of nitrogens with two attached hydrogens (primary N) is 1. The summed E-state index contributed by atoms with van der Waals surface area (Å²) >= 11 is 0. The standard InChI is InChI=1S/C8H11NO2/c1-2-11-8-6(9)4-3-5-7(8)10/h3-5,10H,2,9H2,1H3. The zero-order valence-corrected chi connectivity index (χ0v) is 6.37. The smallest absolute Gasteiger partial charge is 0.183 e. The molecule has 11 heavy (non-hydrogen) atoms. The van der Waals surface area contributed by atoms with Crippen molar-refractivity contribution in [2.24, 2.45) is 0 Å². The van der Waals surface area contributed by atoms with Crippen molar-refractivity contribution in [1.29, 1.82) is 0 Å². The van der Waals surface area contributed by atoms with Gasteiger partial charge < -0.3 is 15.6 Å². The van der Waals surface area contributed by atoms with Crippen LogP contribution in [0.3, 0.4) is 0 Å². The third kappa shape index (κ3) is 1.55. The number of aromatic hydroxyl groups is 1. The van der Waals surface area contributed by atoms with Crippen LogP contribution < -0.4 is 10.5 Å². The van der Waals surface area contributed by atoms with E-state index in [0.717, 1.165) is 0 Å². The van der Waals surface area contributed by atoms with Crippen molar-refractivity contribution in [1.82, 2.24) is 0 Å². The first-order valence-electron chi connectivity index (χ1n) is 3.46. The molecule has 3 N–H and O–H groups in total. The molecule has 60 valence electrons. The highest BCUT2D eigenvalue weighted by molar-refractivity contribution is 5.59. The van der Waals surface area contributed by atoms with E-state index in [1.165, 1.54) is 0 Å². The first-order chi connectivity index (χ1) is 5.25. The Labute approximate surface area is 65.4 Å². The van der Waals surface area contributed by atoms with E-state index in [9.17, 15) is 5.11 Å². The number of para-hydroxylation sites is 1. The number of ether oxygens (including phenoxy) is 1. The van der Waals surface area contributed by atoms with Gasteiger partial charge in [-0.15, -0.1) is 0 Å². The summed E-state index contributed by atoms with van der Waals surface area (Å²) in [5, 5.41) is 9.22. The minimum Gasteiger partial charge on any atom is -0.504 e. The minimum atomic E-state index is 0.0897. The molecule has 0 bridgehead atoms. The molecular weight excluding hydrogens is 142 g/mol. The molecule has 0 fully saturated rings. The first-order valence-corrected chi connectivity index (χ1v) is 3.46. The van der Waals surface area contributed by atoms with Gasteiger partial charge in [0.15, 0.2) is 11.5 Å². The summed E-state index contributed by atoms with van der Waals surface area (Å²) < 4.78 is 5.09. The molecule has 0 saturated heterocycles. The fraction of sp³-hybridized carbons (Fsp3) is 0.250. The lowest BCUT2D eigenvalue weighted by molar-refractivity contribution is 0.320. The molecule has 1 aromatic rings. The van der Waals surface area contributed by atoms with Gasteiger partial charge in [-0.3, -0.25) is 0 Å². The first kappa shape index (κ1) is 7.72. The Bertz CT molecular complexity index is 228. The fourth-order valence-corrected chi connectivity index (χ4v) is 0.844. The van der Waals surface area contributed by atoms with E-state index in [1.807, 2.05) is 6.92 Å². The van der Waals surface area contributed by atoms with Gasteiger partial charge in [0, 0.05) is 0 Å². The molecule has 3 heteroatoms. The van der Waals surface area contributed by atoms with Crippen LogP contribution in [0.5, 0.6) is 11.5 Å². The topological polar surface area (TPSA) is 55.5 Å². The number of rotatable bonds is 2. The Hall–Kier alpha value is -1.38. The van der Waals surface area contributed by atoms with Crippen molar-refractivity contribution in [2.45, 2.75) is 6.92 Å². The van der Waals surface area contributed by atoms with Crippen molar-refractivity contribution < 1.29 is 9.84 Å². The molecule has 0 heterocycles. The van der Waals surface area contributed by atoms with E-state index >= 15 is 0 Å². The van der Waals surface area contributed by atoms with Gasteiger partial charge in [0.05, 0.1) is 12.3 Å². The van der Waals surface area contributed by atoms with Gasteiger partial charge in [-0.25, -0.2) is 0 Å². The predicted molar refractivity (Wildman–Crippen MR) is 43.7 cm³/mol. The zero-order valence-electron chi connectivity index (χ0n) is 6.37. The molecule has 0 aliphatic rings. The Morgan fingerprint density at radius 1 is 1.55 bits per heavy atom. The van der Waals surface area contributed by atoms with Gasteiger partial charge in [0.2, 0.25) is 0 Å². The van der Waals surface area contributed by atoms with E-state index in [1.54, 1.807) is 18.2 Å². The summed E-state index contributed by atoms with van der Waals surface area (Å²) in [5.74, 6) is 0.460. The third-order valence-electron chi connectivity index (χ3n) is 1.31. The Balaban J connectivity index is 3.00. The van der Waals surface area contributed by atoms with Gasteiger partial charge in [0.1, 0.15) is 0 Å². The maximum absolute atomic E-state index is 9.22. The van der Waals surface area contributed by atoms with Crippen LogP contribution in [0.15, 0.2) is 18.2 Å². The maximum Gasteiger partial charge on any atom is 0.183 e. The summed E-state index contributed by atoms with van der Waals surface area (Å²) in [6.45, 7) is 2.34. The van der Waals surface area contributed by atoms with Gasteiger partial charge in [0.25, 0.3) is 0 Å². The highest BCUT2D eigenvalue weighted by Gasteiger charge is 2.03. The number of phenolic OH excluding ortho intramolecular Hbond substituents is 1. The van der Waals surface area contributed by atoms with Crippen molar-refractivity contribution in [3.05, 3.63) is 18.2 Å². The van der Waals surface area contributed by atoms with E-state index in [4.69, 9.17) is 10.5 Å². The SMILES string of the molecule is CCOc1c(N)cccc1O. The minimum absolute atomic E-state index is 0.0897. The molecule has 0 aromatic heterocycles. The van der Waals surface area contributed by atoms with Crippen molar-refractivity contribution in [3.8, 4) is 11.5 Å². The molecule has 0 aliphatic carbocycles. The Morgan fingerprint density at radius 2 is 2.27 bits per heavy atom. The number of benzene rings is 1. The Kier molecular flexibility index (Phi) is 2.21. The third-order valence-corrected chi connectivity index (χ3v) is 1.31. The highest BCUT2D eigenvalue weighted by Crippen LogP contribution is 2.31. The van der Waals surface area contributed by atoms with E-state index in [-0.39, 0.29) is 5.75 Å². The molecule has 0 amide bonds. The largest absolute Gasteiger partial charge is 0.504 e. The van der Waals surface area contributed by atoms with Gasteiger partial charge >= 0.3 is 0 Å². The van der Waals surface area contributed by atoms with Crippen molar-refractivity contribution in [3.63, 3.8) is 0 Å². The van der Waals surface area contributed by atoms with Gasteiger partial charge in [-0.2, -0.15) is 0 Å². The molecule has 0 radical (unpaired) electrons. The molecule has 1 rings (SSSR count). The summed E-state index contributed by atoms with van der Waals surface area (Å²) in [7, 11) is 0. The number of nitrogen functional groups attached to an aromatic ring is 1. The van der Waals surface area contributed by atoms with Crippen LogP contribution in [0.2, 0.25) is 0 Å². The van der Waals surface area contributed by atoms with E-state index < -0.39 is 0 Å². The maximum atomic E-state index is 9.22. The number of phenols is 1. The van der Waals surface area contributed by atoms with Crippen LogP contribution in [-0.2, 0) is 0 Å². The quantitative estimate of drug-likeness (QED) is 0.631. The van der Waals surface area contributed by atoms with Crippen LogP contribution >= 0.6 is 0 Å². The van der Waals surface area contributed by atoms with Crippen LogP contribution in [0.4, 0.5) is 5.69 Å². The lowest BCUT2D eigenvalue weighted by Crippen LogP contribution is -1.96. The Morgan fingerprint density at radius 3 is 2.82 bits per heavy atom. The summed E-state index contributed by atoms with van der Waals surface area (Å²) in [5.41, 5.74) is 5.99. The molecule has 3 nitrogen and oxygen atoms in total. The number of hydrogen-bond acceptors (Lipinski definition) is 3. The summed E-state index contributed by atoms with van der Waals surface area (Å²) in [6, 6.07) is 4.90. The normalized spacial score (nSPS) is 9.55. The zero-order chi connectivity index (χ0) is 8.27. The molecule has 0 aliphatic heterocycles. The van der Waals surface area contributed by atoms with Crippen molar-refractivity contribution >= 4 is 5.69 Å². The van der Waals surface area contributed by atoms with Crippen LogP contribution in [0, 0.1) is 0 Å². The molecule has 0 spiro atoms. The monoisotopic (exact) mass is 153 g/mol. The fourth-order valence-electron chi connectivity index (χ4n) is 0.844. The van der Waals surface area contributed by atoms with Crippen LogP contribution in [-0.4, -0.2) is 11.7 Å². The van der Waals surface area contributed by atoms with E-state index in [2.05, 4.69) is 0 Å². The lowest BCUT2D eigenvalue weighted by atomic mass is 10.3. The van der Waals surface area contributed by atoms with Gasteiger partial charge in [-0.1, -0.05) is 6.07 Å². The summed E-state index contributed by atoms with van der Waals surface area (Å²) in [6.07, 6.45) is 0. The molecular formula is C8H11NO2. The number of anilines is 1. The summed E-state index contributed by atoms with van der Waals surface area (Å²) in [4.78, 5) is 0. The van der Waals surface area contributed by atoms with Crippen LogP contribution in [0.1, 0.15) is 6.92 Å². The van der Waals surface area contributed by atoms with E-state index in [0.29, 0.717) is 18.0 Å². The lowest BCUT2D eigenvalue weighted by Gasteiger charge is -2.07. The highest BCUT2D eigenvalue weighted by atomic mass is 16.5. The molecule has 0 atom stereocenters. The van der Waals surface area contributed by atoms with Crippen molar-refractivity contribution in [2.75, 3.05) is 12.3 Å². The average Bonchev–Trinajstić information content (AvgIpc) is 1.97. The molecule has 1 aromatic carbocycles. The predicted octanol–water partition coefficient (Wildman–Crippen LogP) is 1.37. The second-order valence-corrected chi connectivity index (χ2v) is 2.13. The van der Waals surface area contributed by atoms with Gasteiger partial charge in [-0.05, 0) is 19.1 Å². The second kappa shape index (κ2) is 3.14. The molecule has 0 saturated carbocycles. The molecule has 0 unspecified atom stereocenters. The second-order valence-electron chi connectivity index (χ2n) is 2.13. The average molecular weight is 153 g/mol. The van der Waals surface area contributed by atoms with Crippen LogP contribution in [0.25, 0.3) is 0 Å².